The van der Waals surface area contributed by atoms with Crippen LogP contribution in [0, 0.1) is 0 Å². The third kappa shape index (κ3) is 3.45. The van der Waals surface area contributed by atoms with E-state index in [1.807, 2.05) is 0 Å². The van der Waals surface area contributed by atoms with E-state index in [9.17, 15) is 13.8 Å². The van der Waals surface area contributed by atoms with Crippen LogP contribution < -0.4 is 16.0 Å². The molecular formula is C11H9ClN4O4S. The third-order valence-corrected chi connectivity index (χ3v) is 3.25. The van der Waals surface area contributed by atoms with Crippen LogP contribution in [-0.2, 0) is 11.3 Å². The molecule has 8 nitrogen and oxygen atoms in total. The highest BCUT2D eigenvalue weighted by Crippen LogP contribution is 2.27. The predicted octanol–water partition coefficient (Wildman–Crippen LogP) is 0.738. The van der Waals surface area contributed by atoms with Crippen molar-refractivity contribution in [3.63, 3.8) is 0 Å². The predicted molar refractivity (Wildman–Crippen MR) is 78.2 cm³/mol. The number of benzene rings is 1. The van der Waals surface area contributed by atoms with E-state index in [1.54, 1.807) is 6.07 Å². The number of primary amides is 1. The molecule has 1 heterocycles. The van der Waals surface area contributed by atoms with E-state index >= 15 is 0 Å². The first-order chi connectivity index (χ1) is 9.88. The number of carbonyl (C=O) groups excluding carboxylic acids is 1. The second-order valence-electron chi connectivity index (χ2n) is 3.91. The second kappa shape index (κ2) is 6.04. The van der Waals surface area contributed by atoms with Gasteiger partial charge in [-0.05, 0) is 18.2 Å². The van der Waals surface area contributed by atoms with Gasteiger partial charge in [-0.15, -0.1) is 0 Å². The Morgan fingerprint density at radius 2 is 2.14 bits per heavy atom. The van der Waals surface area contributed by atoms with Crippen LogP contribution in [-0.4, -0.2) is 24.9 Å². The molecule has 2 aromatic rings. The molecule has 1 aromatic carbocycles. The molecule has 1 aromatic heterocycles. The van der Waals surface area contributed by atoms with Gasteiger partial charge in [0.2, 0.25) is 0 Å². The van der Waals surface area contributed by atoms with Crippen LogP contribution in [0.25, 0.3) is 11.3 Å². The van der Waals surface area contributed by atoms with E-state index in [0.29, 0.717) is 5.56 Å². The Morgan fingerprint density at radius 1 is 1.43 bits per heavy atom. The summed E-state index contributed by atoms with van der Waals surface area (Å²) in [6.45, 7) is 0. The zero-order chi connectivity index (χ0) is 15.6. The molecule has 2 rings (SSSR count). The number of H-pyrrole nitrogens is 1. The summed E-state index contributed by atoms with van der Waals surface area (Å²) in [6, 6.07) is 5.72. The Kier molecular flexibility index (Phi) is 4.36. The maximum absolute atomic E-state index is 11.4. The number of hydrogen-bond donors (Lipinski definition) is 4. The zero-order valence-electron chi connectivity index (χ0n) is 10.3. The molecule has 0 aliphatic carbocycles. The van der Waals surface area contributed by atoms with Crippen molar-refractivity contribution >= 4 is 34.5 Å². The molecule has 5 N–H and O–H groups in total. The van der Waals surface area contributed by atoms with Gasteiger partial charge in [0, 0.05) is 5.56 Å². The number of aromatic amines is 1. The quantitative estimate of drug-likeness (QED) is 0.613. The average molecular weight is 329 g/mol. The van der Waals surface area contributed by atoms with E-state index < -0.39 is 22.7 Å². The van der Waals surface area contributed by atoms with Crippen molar-refractivity contribution in [1.82, 2.24) is 10.2 Å². The molecule has 1 unspecified atom stereocenters. The van der Waals surface area contributed by atoms with Gasteiger partial charge in [-0.25, -0.2) is 9.31 Å². The van der Waals surface area contributed by atoms with Gasteiger partial charge in [0.15, 0.2) is 0 Å². The molecular weight excluding hydrogens is 320 g/mol. The van der Waals surface area contributed by atoms with E-state index in [1.165, 1.54) is 18.2 Å². The summed E-state index contributed by atoms with van der Waals surface area (Å²) >= 11 is 3.58. The molecule has 21 heavy (non-hydrogen) atoms. The smallest absolute Gasteiger partial charge is 0.277 e. The number of carbonyl (C=O) groups is 1. The van der Waals surface area contributed by atoms with Gasteiger partial charge in [-0.3, -0.25) is 18.9 Å². The highest BCUT2D eigenvalue weighted by Gasteiger charge is 2.11. The van der Waals surface area contributed by atoms with Crippen molar-refractivity contribution in [3.8, 4) is 11.3 Å². The molecule has 0 radical (unpaired) electrons. The lowest BCUT2D eigenvalue weighted by atomic mass is 10.1. The molecule has 0 fully saturated rings. The maximum atomic E-state index is 11.4. The number of nitrogens with zero attached hydrogens (tertiary/aromatic N) is 1. The lowest BCUT2D eigenvalue weighted by molar-refractivity contribution is 0.0998. The molecule has 110 valence electrons. The van der Waals surface area contributed by atoms with Gasteiger partial charge in [-0.2, -0.15) is 5.10 Å². The van der Waals surface area contributed by atoms with E-state index in [-0.39, 0.29) is 22.0 Å². The molecule has 1 atom stereocenters. The molecule has 0 aliphatic rings. The first kappa shape index (κ1) is 15.2. The monoisotopic (exact) mass is 328 g/mol. The summed E-state index contributed by atoms with van der Waals surface area (Å²) in [5, 5.41) is 6.16. The molecule has 0 saturated carbocycles. The largest absolute Gasteiger partial charge is 0.365 e. The third-order valence-electron chi connectivity index (χ3n) is 2.53. The molecule has 0 aliphatic heterocycles. The summed E-state index contributed by atoms with van der Waals surface area (Å²) < 4.78 is 21.8. The summed E-state index contributed by atoms with van der Waals surface area (Å²) in [5.41, 5.74) is 5.07. The zero-order valence-corrected chi connectivity index (χ0v) is 11.9. The minimum atomic E-state index is -2.29. The van der Waals surface area contributed by atoms with E-state index in [0.717, 1.165) is 0 Å². The highest BCUT2D eigenvalue weighted by molar-refractivity contribution is 7.80. The fraction of sp³-hybridized carbons (Fsp3) is 0. The van der Waals surface area contributed by atoms with E-state index in [4.69, 9.17) is 21.9 Å². The lowest BCUT2D eigenvalue weighted by Crippen LogP contribution is -2.24. The lowest BCUT2D eigenvalue weighted by Gasteiger charge is -2.07. The molecule has 1 amide bonds. The van der Waals surface area contributed by atoms with Gasteiger partial charge in [-0.1, -0.05) is 17.7 Å². The van der Waals surface area contributed by atoms with Crippen LogP contribution >= 0.6 is 11.6 Å². The summed E-state index contributed by atoms with van der Waals surface area (Å²) in [6.07, 6.45) is 0. The Labute approximate surface area is 125 Å². The number of aromatic nitrogens is 2. The van der Waals surface area contributed by atoms with Crippen molar-refractivity contribution in [2.45, 2.75) is 0 Å². The number of rotatable bonds is 4. The Hall–Kier alpha value is -2.23. The average Bonchev–Trinajstić information content (AvgIpc) is 2.41. The standard InChI is InChI=1S/C11H9ClN4O4S/c12-7-2-1-5(3-9(7)16-21(19)20)8-4-6(10(13)17)11(18)15-14-8/h1-4,16H,(H2,13,17)(H,15,18)(H,19,20). The van der Waals surface area contributed by atoms with Gasteiger partial charge < -0.3 is 5.73 Å². The first-order valence-electron chi connectivity index (χ1n) is 5.45. The van der Waals surface area contributed by atoms with Gasteiger partial charge in [0.05, 0.1) is 16.4 Å². The van der Waals surface area contributed by atoms with Crippen LogP contribution in [0.5, 0.6) is 0 Å². The van der Waals surface area contributed by atoms with Gasteiger partial charge >= 0.3 is 0 Å². The Bertz CT molecular complexity index is 792. The van der Waals surface area contributed by atoms with Crippen molar-refractivity contribution < 1.29 is 13.6 Å². The normalized spacial score (nSPS) is 11.9. The fourth-order valence-electron chi connectivity index (χ4n) is 1.59. The van der Waals surface area contributed by atoms with Gasteiger partial charge in [0.25, 0.3) is 22.7 Å². The number of nitrogens with one attached hydrogen (secondary N) is 2. The molecule has 0 spiro atoms. The molecule has 0 saturated heterocycles. The summed E-state index contributed by atoms with van der Waals surface area (Å²) in [5.74, 6) is -0.885. The Morgan fingerprint density at radius 3 is 2.76 bits per heavy atom. The topological polar surface area (TPSA) is 138 Å². The molecule has 10 heteroatoms. The summed E-state index contributed by atoms with van der Waals surface area (Å²) in [7, 11) is 0. The van der Waals surface area contributed by atoms with Crippen molar-refractivity contribution in [2.24, 2.45) is 5.73 Å². The Balaban J connectivity index is 2.52. The minimum absolute atomic E-state index is 0.198. The number of hydrogen-bond acceptors (Lipinski definition) is 4. The summed E-state index contributed by atoms with van der Waals surface area (Å²) in [4.78, 5) is 22.5. The fourth-order valence-corrected chi connectivity index (χ4v) is 2.17. The van der Waals surface area contributed by atoms with Crippen LogP contribution in [0.15, 0.2) is 29.1 Å². The maximum Gasteiger partial charge on any atom is 0.277 e. The number of anilines is 1. The van der Waals surface area contributed by atoms with E-state index in [2.05, 4.69) is 14.9 Å². The van der Waals surface area contributed by atoms with Gasteiger partial charge in [0.1, 0.15) is 5.56 Å². The minimum Gasteiger partial charge on any atom is -0.365 e. The number of amides is 1. The van der Waals surface area contributed by atoms with Crippen molar-refractivity contribution in [1.29, 1.82) is 0 Å². The van der Waals surface area contributed by atoms with Crippen molar-refractivity contribution in [3.05, 3.63) is 45.2 Å². The van der Waals surface area contributed by atoms with Crippen LogP contribution in [0.1, 0.15) is 10.4 Å². The van der Waals surface area contributed by atoms with Crippen LogP contribution in [0.4, 0.5) is 5.69 Å². The SMILES string of the molecule is NC(=O)c1cc(-c2ccc(Cl)c(NS(=O)O)c2)n[nH]c1=O. The van der Waals surface area contributed by atoms with Crippen LogP contribution in [0.3, 0.4) is 0 Å². The van der Waals surface area contributed by atoms with Crippen molar-refractivity contribution in [2.75, 3.05) is 4.72 Å². The first-order valence-corrected chi connectivity index (χ1v) is 6.94. The molecule has 0 bridgehead atoms. The highest BCUT2D eigenvalue weighted by atomic mass is 35.5. The van der Waals surface area contributed by atoms with Crippen LogP contribution in [0.2, 0.25) is 5.02 Å². The second-order valence-corrected chi connectivity index (χ2v) is 5.02. The number of nitrogens with two attached hydrogens (primary N) is 1. The number of halogens is 1.